The third-order valence-electron chi connectivity index (χ3n) is 5.75. The Balaban J connectivity index is 1.82. The first-order chi connectivity index (χ1) is 15.6. The average molecular weight is 418 g/mol. The lowest BCUT2D eigenvalue weighted by Crippen LogP contribution is -2.03. The van der Waals surface area contributed by atoms with Crippen molar-refractivity contribution in [3.63, 3.8) is 0 Å². The standard InChI is InChI=1S/C29H22O3/c1-19-8-6-7-11-24(19)22-16-25(20-12-14-23(31-2)15-13-20)29-26(30)18-27(32-28(29)17-22)21-9-4-3-5-10-21/h3-18H,1-2H3. The summed E-state index contributed by atoms with van der Waals surface area (Å²) in [5.74, 6) is 1.33. The maximum atomic E-state index is 13.3. The number of hydrogen-bond donors (Lipinski definition) is 0. The third-order valence-corrected chi connectivity index (χ3v) is 5.75. The van der Waals surface area contributed by atoms with E-state index in [0.717, 1.165) is 39.1 Å². The molecule has 0 atom stereocenters. The molecule has 32 heavy (non-hydrogen) atoms. The Morgan fingerprint density at radius 1 is 0.688 bits per heavy atom. The zero-order valence-corrected chi connectivity index (χ0v) is 18.0. The van der Waals surface area contributed by atoms with Gasteiger partial charge in [0, 0.05) is 11.6 Å². The second kappa shape index (κ2) is 8.20. The van der Waals surface area contributed by atoms with Gasteiger partial charge in [-0.15, -0.1) is 0 Å². The molecule has 1 heterocycles. The molecular formula is C29H22O3. The van der Waals surface area contributed by atoms with Crippen LogP contribution >= 0.6 is 0 Å². The summed E-state index contributed by atoms with van der Waals surface area (Å²) in [6.45, 7) is 2.09. The molecule has 0 bridgehead atoms. The zero-order chi connectivity index (χ0) is 22.1. The van der Waals surface area contributed by atoms with Crippen LogP contribution in [0.2, 0.25) is 0 Å². The second-order valence-electron chi connectivity index (χ2n) is 7.78. The van der Waals surface area contributed by atoms with E-state index in [0.29, 0.717) is 16.7 Å². The summed E-state index contributed by atoms with van der Waals surface area (Å²) in [5.41, 5.74) is 6.44. The number of fused-ring (bicyclic) bond motifs is 1. The Labute approximate surface area is 186 Å². The van der Waals surface area contributed by atoms with Gasteiger partial charge in [0.05, 0.1) is 12.5 Å². The van der Waals surface area contributed by atoms with E-state index in [1.54, 1.807) is 13.2 Å². The highest BCUT2D eigenvalue weighted by Gasteiger charge is 2.15. The Bertz CT molecular complexity index is 1460. The Morgan fingerprint density at radius 3 is 2.12 bits per heavy atom. The molecule has 0 aliphatic heterocycles. The number of aryl methyl sites for hydroxylation is 1. The smallest absolute Gasteiger partial charge is 0.193 e. The van der Waals surface area contributed by atoms with Crippen molar-refractivity contribution in [3.05, 3.63) is 113 Å². The van der Waals surface area contributed by atoms with Crippen molar-refractivity contribution in [1.29, 1.82) is 0 Å². The lowest BCUT2D eigenvalue weighted by molar-refractivity contribution is 0.415. The number of ether oxygens (including phenoxy) is 1. The van der Waals surface area contributed by atoms with Crippen molar-refractivity contribution >= 4 is 11.0 Å². The monoisotopic (exact) mass is 418 g/mol. The maximum Gasteiger partial charge on any atom is 0.193 e. The van der Waals surface area contributed by atoms with E-state index >= 15 is 0 Å². The fourth-order valence-electron chi connectivity index (χ4n) is 4.08. The molecule has 0 aliphatic rings. The largest absolute Gasteiger partial charge is 0.497 e. The van der Waals surface area contributed by atoms with Gasteiger partial charge >= 0.3 is 0 Å². The van der Waals surface area contributed by atoms with E-state index in [9.17, 15) is 4.79 Å². The summed E-state index contributed by atoms with van der Waals surface area (Å²) >= 11 is 0. The van der Waals surface area contributed by atoms with Crippen LogP contribution in [0.25, 0.3) is 44.5 Å². The number of benzene rings is 4. The molecule has 0 spiro atoms. The highest BCUT2D eigenvalue weighted by atomic mass is 16.5. The zero-order valence-electron chi connectivity index (χ0n) is 18.0. The molecule has 156 valence electrons. The Kier molecular flexibility index (Phi) is 5.08. The summed E-state index contributed by atoms with van der Waals surface area (Å²) in [6, 6.07) is 31.3. The molecule has 0 N–H and O–H groups in total. The molecule has 0 saturated carbocycles. The van der Waals surface area contributed by atoms with E-state index in [1.807, 2.05) is 72.8 Å². The molecule has 4 aromatic carbocycles. The van der Waals surface area contributed by atoms with Crippen LogP contribution in [-0.4, -0.2) is 7.11 Å². The van der Waals surface area contributed by atoms with Crippen molar-refractivity contribution in [1.82, 2.24) is 0 Å². The Hall–Kier alpha value is -4.11. The molecule has 0 unspecified atom stereocenters. The quantitative estimate of drug-likeness (QED) is 0.312. The lowest BCUT2D eigenvalue weighted by atomic mass is 9.93. The van der Waals surface area contributed by atoms with Crippen molar-refractivity contribution < 1.29 is 9.15 Å². The minimum absolute atomic E-state index is 0.0627. The minimum atomic E-state index is -0.0627. The maximum absolute atomic E-state index is 13.3. The molecule has 0 fully saturated rings. The van der Waals surface area contributed by atoms with Crippen LogP contribution in [0.4, 0.5) is 0 Å². The first kappa shape index (κ1) is 19.8. The fourth-order valence-corrected chi connectivity index (χ4v) is 4.08. The van der Waals surface area contributed by atoms with E-state index in [-0.39, 0.29) is 5.43 Å². The molecule has 3 heteroatoms. The van der Waals surface area contributed by atoms with Crippen LogP contribution in [0, 0.1) is 6.92 Å². The average Bonchev–Trinajstić information content (AvgIpc) is 2.84. The predicted molar refractivity (Wildman–Crippen MR) is 130 cm³/mol. The molecular weight excluding hydrogens is 396 g/mol. The predicted octanol–water partition coefficient (Wildman–Crippen LogP) is 7.11. The van der Waals surface area contributed by atoms with Crippen LogP contribution < -0.4 is 10.2 Å². The molecule has 5 rings (SSSR count). The van der Waals surface area contributed by atoms with E-state index in [4.69, 9.17) is 9.15 Å². The Morgan fingerprint density at radius 2 is 1.41 bits per heavy atom. The molecule has 0 radical (unpaired) electrons. The number of methoxy groups -OCH3 is 1. The van der Waals surface area contributed by atoms with Gasteiger partial charge in [-0.1, -0.05) is 66.7 Å². The highest BCUT2D eigenvalue weighted by molar-refractivity contribution is 5.98. The van der Waals surface area contributed by atoms with Crippen molar-refractivity contribution in [3.8, 4) is 39.3 Å². The number of hydrogen-bond acceptors (Lipinski definition) is 3. The van der Waals surface area contributed by atoms with Crippen LogP contribution in [0.1, 0.15) is 5.56 Å². The van der Waals surface area contributed by atoms with Gasteiger partial charge in [0.15, 0.2) is 5.43 Å². The van der Waals surface area contributed by atoms with Gasteiger partial charge in [0.25, 0.3) is 0 Å². The topological polar surface area (TPSA) is 39.4 Å². The lowest BCUT2D eigenvalue weighted by Gasteiger charge is -2.13. The first-order valence-corrected chi connectivity index (χ1v) is 10.5. The number of rotatable bonds is 4. The molecule has 0 saturated heterocycles. The van der Waals surface area contributed by atoms with E-state index in [1.165, 1.54) is 0 Å². The minimum Gasteiger partial charge on any atom is -0.497 e. The fraction of sp³-hybridized carbons (Fsp3) is 0.0690. The molecule has 0 amide bonds. The van der Waals surface area contributed by atoms with Gasteiger partial charge in [0.1, 0.15) is 17.1 Å². The van der Waals surface area contributed by atoms with E-state index in [2.05, 4.69) is 25.1 Å². The summed E-state index contributed by atoms with van der Waals surface area (Å²) in [4.78, 5) is 13.3. The van der Waals surface area contributed by atoms with Crippen LogP contribution in [0.3, 0.4) is 0 Å². The van der Waals surface area contributed by atoms with E-state index < -0.39 is 0 Å². The molecule has 0 aliphatic carbocycles. The third kappa shape index (κ3) is 3.58. The van der Waals surface area contributed by atoms with Gasteiger partial charge in [-0.25, -0.2) is 0 Å². The summed E-state index contributed by atoms with van der Waals surface area (Å²) in [6.07, 6.45) is 0. The van der Waals surface area contributed by atoms with Crippen LogP contribution in [0.15, 0.2) is 106 Å². The van der Waals surface area contributed by atoms with Gasteiger partial charge in [-0.3, -0.25) is 4.79 Å². The van der Waals surface area contributed by atoms with Crippen LogP contribution in [-0.2, 0) is 0 Å². The SMILES string of the molecule is COc1ccc(-c2cc(-c3ccccc3C)cc3oc(-c4ccccc4)cc(=O)c23)cc1. The van der Waals surface area contributed by atoms with Gasteiger partial charge in [-0.2, -0.15) is 0 Å². The van der Waals surface area contributed by atoms with Gasteiger partial charge in [-0.05, 0) is 59.0 Å². The highest BCUT2D eigenvalue weighted by Crippen LogP contribution is 2.36. The second-order valence-corrected chi connectivity index (χ2v) is 7.78. The van der Waals surface area contributed by atoms with Crippen molar-refractivity contribution in [2.75, 3.05) is 7.11 Å². The normalized spacial score (nSPS) is 10.9. The molecule has 3 nitrogen and oxygen atoms in total. The van der Waals surface area contributed by atoms with Gasteiger partial charge < -0.3 is 9.15 Å². The molecule has 1 aromatic heterocycles. The van der Waals surface area contributed by atoms with Crippen molar-refractivity contribution in [2.24, 2.45) is 0 Å². The van der Waals surface area contributed by atoms with Gasteiger partial charge in [0.2, 0.25) is 0 Å². The van der Waals surface area contributed by atoms with Crippen LogP contribution in [0.5, 0.6) is 5.75 Å². The summed E-state index contributed by atoms with van der Waals surface area (Å²) < 4.78 is 11.6. The van der Waals surface area contributed by atoms with Crippen molar-refractivity contribution in [2.45, 2.75) is 6.92 Å². The summed E-state index contributed by atoms with van der Waals surface area (Å²) in [7, 11) is 1.64. The summed E-state index contributed by atoms with van der Waals surface area (Å²) in [5, 5.41) is 0.576. The first-order valence-electron chi connectivity index (χ1n) is 10.5. The molecule has 5 aromatic rings.